The van der Waals surface area contributed by atoms with Gasteiger partial charge in [-0.3, -0.25) is 4.98 Å². The molecular formula is C19H16ClNO. The number of pyridine rings is 1. The first-order valence-corrected chi connectivity index (χ1v) is 7.51. The van der Waals surface area contributed by atoms with Gasteiger partial charge in [-0.2, -0.15) is 0 Å². The van der Waals surface area contributed by atoms with E-state index in [1.165, 1.54) is 0 Å². The quantitative estimate of drug-likeness (QED) is 0.605. The van der Waals surface area contributed by atoms with Crippen LogP contribution in [-0.2, 0) is 13.0 Å². The van der Waals surface area contributed by atoms with Crippen LogP contribution in [0.15, 0.2) is 67.4 Å². The van der Waals surface area contributed by atoms with Gasteiger partial charge in [0.05, 0.1) is 5.02 Å². The Morgan fingerprint density at radius 3 is 2.73 bits per heavy atom. The van der Waals surface area contributed by atoms with Gasteiger partial charge < -0.3 is 4.74 Å². The van der Waals surface area contributed by atoms with E-state index >= 15 is 0 Å². The van der Waals surface area contributed by atoms with Gasteiger partial charge >= 0.3 is 0 Å². The number of hydrogen-bond donors (Lipinski definition) is 0. The van der Waals surface area contributed by atoms with Gasteiger partial charge in [0.25, 0.3) is 0 Å². The van der Waals surface area contributed by atoms with Crippen molar-refractivity contribution in [1.29, 1.82) is 0 Å². The number of fused-ring (bicyclic) bond motifs is 1. The van der Waals surface area contributed by atoms with Crippen LogP contribution >= 0.6 is 11.6 Å². The fourth-order valence-electron chi connectivity index (χ4n) is 2.43. The lowest BCUT2D eigenvalue weighted by Gasteiger charge is -2.14. The Hall–Kier alpha value is -2.32. The average Bonchev–Trinajstić information content (AvgIpc) is 2.56. The number of aromatic nitrogens is 1. The molecule has 3 rings (SSSR count). The Morgan fingerprint density at radius 2 is 1.95 bits per heavy atom. The molecule has 2 nitrogen and oxygen atoms in total. The zero-order valence-electron chi connectivity index (χ0n) is 12.1. The second-order valence-corrected chi connectivity index (χ2v) is 5.42. The van der Waals surface area contributed by atoms with Crippen LogP contribution in [0.3, 0.4) is 0 Å². The van der Waals surface area contributed by atoms with Crippen molar-refractivity contribution in [1.82, 2.24) is 4.98 Å². The van der Waals surface area contributed by atoms with E-state index in [1.54, 1.807) is 6.20 Å². The number of halogens is 1. The molecule has 0 bridgehead atoms. The molecule has 3 heteroatoms. The summed E-state index contributed by atoms with van der Waals surface area (Å²) in [6.45, 7) is 4.30. The van der Waals surface area contributed by atoms with Gasteiger partial charge in [-0.05, 0) is 30.2 Å². The topological polar surface area (TPSA) is 22.1 Å². The second-order valence-electron chi connectivity index (χ2n) is 5.01. The monoisotopic (exact) mass is 309 g/mol. The van der Waals surface area contributed by atoms with Crippen LogP contribution < -0.4 is 4.74 Å². The van der Waals surface area contributed by atoms with Gasteiger partial charge in [0.1, 0.15) is 17.9 Å². The van der Waals surface area contributed by atoms with E-state index in [2.05, 4.69) is 11.6 Å². The van der Waals surface area contributed by atoms with Crippen LogP contribution in [0.4, 0.5) is 0 Å². The summed E-state index contributed by atoms with van der Waals surface area (Å²) in [5.74, 6) is 0.781. The zero-order chi connectivity index (χ0) is 15.4. The molecule has 110 valence electrons. The van der Waals surface area contributed by atoms with Crippen molar-refractivity contribution in [2.75, 3.05) is 0 Å². The van der Waals surface area contributed by atoms with Crippen molar-refractivity contribution >= 4 is 22.5 Å². The summed E-state index contributed by atoms with van der Waals surface area (Å²) in [7, 11) is 0. The molecule has 0 aliphatic carbocycles. The molecule has 0 radical (unpaired) electrons. The lowest BCUT2D eigenvalue weighted by atomic mass is 10.1. The first-order valence-electron chi connectivity index (χ1n) is 7.13. The minimum absolute atomic E-state index is 0.498. The predicted molar refractivity (Wildman–Crippen MR) is 91.4 cm³/mol. The fourth-order valence-corrected chi connectivity index (χ4v) is 2.71. The Balaban J connectivity index is 2.03. The van der Waals surface area contributed by atoms with Crippen molar-refractivity contribution in [3.63, 3.8) is 0 Å². The van der Waals surface area contributed by atoms with Gasteiger partial charge in [-0.25, -0.2) is 0 Å². The van der Waals surface area contributed by atoms with Crippen molar-refractivity contribution < 1.29 is 4.74 Å². The highest BCUT2D eigenvalue weighted by atomic mass is 35.5. The minimum Gasteiger partial charge on any atom is -0.486 e. The number of hydrogen-bond acceptors (Lipinski definition) is 2. The summed E-state index contributed by atoms with van der Waals surface area (Å²) >= 11 is 6.36. The molecule has 0 fully saturated rings. The predicted octanol–water partition coefficient (Wildman–Crippen LogP) is 5.20. The fraction of sp³-hybridized carbons (Fsp3) is 0.105. The third kappa shape index (κ3) is 2.97. The number of rotatable bonds is 5. The van der Waals surface area contributed by atoms with E-state index in [0.29, 0.717) is 18.1 Å². The highest BCUT2D eigenvalue weighted by Gasteiger charge is 2.13. The molecule has 3 aromatic rings. The van der Waals surface area contributed by atoms with Crippen molar-refractivity contribution in [3.05, 3.63) is 83.5 Å². The maximum atomic E-state index is 6.36. The van der Waals surface area contributed by atoms with E-state index < -0.39 is 0 Å². The Labute approximate surface area is 135 Å². The molecule has 1 aromatic heterocycles. The zero-order valence-corrected chi connectivity index (χ0v) is 12.9. The molecule has 0 saturated carbocycles. The first-order chi connectivity index (χ1) is 10.8. The molecule has 0 saturated heterocycles. The van der Waals surface area contributed by atoms with Crippen LogP contribution in [0.5, 0.6) is 5.75 Å². The third-order valence-electron chi connectivity index (χ3n) is 3.46. The normalized spacial score (nSPS) is 10.6. The highest BCUT2D eigenvalue weighted by Crippen LogP contribution is 2.34. The molecule has 0 unspecified atom stereocenters. The lowest BCUT2D eigenvalue weighted by molar-refractivity contribution is 0.307. The van der Waals surface area contributed by atoms with E-state index in [1.807, 2.05) is 54.6 Å². The molecule has 1 heterocycles. The first kappa shape index (κ1) is 14.6. The molecule has 0 aliphatic heterocycles. The molecule has 0 aliphatic rings. The third-order valence-corrected chi connectivity index (χ3v) is 3.78. The Bertz CT molecular complexity index is 799. The van der Waals surface area contributed by atoms with E-state index in [-0.39, 0.29) is 0 Å². The molecule has 22 heavy (non-hydrogen) atoms. The molecule has 0 spiro atoms. The number of nitrogens with zero attached hydrogens (tertiary/aromatic N) is 1. The summed E-state index contributed by atoms with van der Waals surface area (Å²) in [5.41, 5.74) is 2.91. The lowest BCUT2D eigenvalue weighted by Crippen LogP contribution is -2.00. The van der Waals surface area contributed by atoms with Crippen molar-refractivity contribution in [2.24, 2.45) is 0 Å². The van der Waals surface area contributed by atoms with Crippen LogP contribution in [0, 0.1) is 0 Å². The molecular weight excluding hydrogens is 294 g/mol. The molecule has 2 aromatic carbocycles. The number of ether oxygens (including phenoxy) is 1. The number of allylic oxidation sites excluding steroid dienone is 1. The van der Waals surface area contributed by atoms with E-state index in [4.69, 9.17) is 16.3 Å². The van der Waals surface area contributed by atoms with Crippen molar-refractivity contribution in [2.45, 2.75) is 13.0 Å². The molecule has 0 amide bonds. The standard InChI is InChI=1S/C19H16ClNO/c1-2-7-15-12-17(20)16-10-6-11-21-18(16)19(15)22-13-14-8-4-3-5-9-14/h2-6,8-12H,1,7,13H2. The van der Waals surface area contributed by atoms with Crippen molar-refractivity contribution in [3.8, 4) is 5.75 Å². The van der Waals surface area contributed by atoms with Gasteiger partial charge in [-0.1, -0.05) is 48.0 Å². The van der Waals surface area contributed by atoms with Gasteiger partial charge in [0.15, 0.2) is 0 Å². The van der Waals surface area contributed by atoms with Gasteiger partial charge in [0.2, 0.25) is 0 Å². The maximum absolute atomic E-state index is 6.36. The number of benzene rings is 2. The maximum Gasteiger partial charge on any atom is 0.149 e. The summed E-state index contributed by atoms with van der Waals surface area (Å²) in [6.07, 6.45) is 4.29. The minimum atomic E-state index is 0.498. The summed E-state index contributed by atoms with van der Waals surface area (Å²) in [4.78, 5) is 4.45. The van der Waals surface area contributed by atoms with Gasteiger partial charge in [0, 0.05) is 17.1 Å². The molecule has 0 atom stereocenters. The smallest absolute Gasteiger partial charge is 0.149 e. The second kappa shape index (κ2) is 6.63. The van der Waals surface area contributed by atoms with Crippen LogP contribution in [-0.4, -0.2) is 4.98 Å². The summed E-state index contributed by atoms with van der Waals surface area (Å²) in [6, 6.07) is 15.8. The average molecular weight is 310 g/mol. The SMILES string of the molecule is C=CCc1cc(Cl)c2cccnc2c1OCc1ccccc1. The van der Waals surface area contributed by atoms with Crippen LogP contribution in [0.1, 0.15) is 11.1 Å². The van der Waals surface area contributed by atoms with Gasteiger partial charge in [-0.15, -0.1) is 6.58 Å². The molecule has 0 N–H and O–H groups in total. The Morgan fingerprint density at radius 1 is 1.14 bits per heavy atom. The van der Waals surface area contributed by atoms with E-state index in [9.17, 15) is 0 Å². The highest BCUT2D eigenvalue weighted by molar-refractivity contribution is 6.35. The summed E-state index contributed by atoms with van der Waals surface area (Å²) in [5, 5.41) is 1.59. The van der Waals surface area contributed by atoms with Crippen LogP contribution in [0.25, 0.3) is 10.9 Å². The van der Waals surface area contributed by atoms with Crippen LogP contribution in [0.2, 0.25) is 5.02 Å². The van der Waals surface area contributed by atoms with E-state index in [0.717, 1.165) is 27.8 Å². The largest absolute Gasteiger partial charge is 0.486 e. The Kier molecular flexibility index (Phi) is 4.40. The summed E-state index contributed by atoms with van der Waals surface area (Å²) < 4.78 is 6.08.